The van der Waals surface area contributed by atoms with Crippen LogP contribution in [0.15, 0.2) is 42.5 Å². The van der Waals surface area contributed by atoms with Crippen LogP contribution in [-0.4, -0.2) is 23.0 Å². The number of aromatic nitrogens is 1. The van der Waals surface area contributed by atoms with Gasteiger partial charge in [0.15, 0.2) is 6.61 Å². The van der Waals surface area contributed by atoms with Crippen LogP contribution in [0.1, 0.15) is 32.7 Å². The highest BCUT2D eigenvalue weighted by Gasteiger charge is 2.20. The summed E-state index contributed by atoms with van der Waals surface area (Å²) >= 11 is 5.88. The highest BCUT2D eigenvalue weighted by atomic mass is 35.5. The number of carbonyl (C=O) groups is 2. The van der Waals surface area contributed by atoms with Crippen molar-refractivity contribution in [3.05, 3.63) is 81.3 Å². The number of nitrogens with two attached hydrogens (primary N) is 1. The minimum absolute atomic E-state index is 0.0504. The molecule has 0 spiro atoms. The first-order chi connectivity index (χ1) is 15.2. The number of carbonyl (C=O) groups excluding carboxylic acids is 2. The molecule has 0 atom stereocenters. The van der Waals surface area contributed by atoms with Crippen molar-refractivity contribution in [2.75, 3.05) is 11.9 Å². The minimum atomic E-state index is -0.742. The van der Waals surface area contributed by atoms with Gasteiger partial charge < -0.3 is 20.4 Å². The second kappa shape index (κ2) is 9.54. The molecule has 7 nitrogen and oxygen atoms in total. The maximum absolute atomic E-state index is 13.2. The third-order valence-corrected chi connectivity index (χ3v) is 5.25. The number of nitrogens with one attached hydrogen (secondary N) is 1. The van der Waals surface area contributed by atoms with E-state index in [1.807, 2.05) is 6.92 Å². The molecule has 2 aromatic carbocycles. The van der Waals surface area contributed by atoms with Gasteiger partial charge in [-0.3, -0.25) is 9.59 Å². The summed E-state index contributed by atoms with van der Waals surface area (Å²) in [5.74, 6) is -1.20. The Morgan fingerprint density at radius 2 is 1.91 bits per heavy atom. The quantitative estimate of drug-likeness (QED) is 0.563. The van der Waals surface area contributed by atoms with Gasteiger partial charge in [-0.1, -0.05) is 23.7 Å². The lowest BCUT2D eigenvalue weighted by molar-refractivity contribution is -0.118. The zero-order chi connectivity index (χ0) is 23.4. The van der Waals surface area contributed by atoms with Gasteiger partial charge in [-0.25, -0.2) is 4.39 Å². The Kier molecular flexibility index (Phi) is 6.81. The molecule has 9 heteroatoms. The van der Waals surface area contributed by atoms with E-state index in [-0.39, 0.29) is 17.1 Å². The van der Waals surface area contributed by atoms with E-state index in [1.54, 1.807) is 23.6 Å². The highest BCUT2D eigenvalue weighted by Crippen LogP contribution is 2.28. The Hall–Kier alpha value is -3.83. The smallest absolute Gasteiger partial charge is 0.263 e. The molecule has 2 amide bonds. The second-order valence-corrected chi connectivity index (χ2v) is 7.54. The third-order valence-electron chi connectivity index (χ3n) is 5.02. The Labute approximate surface area is 189 Å². The zero-order valence-corrected chi connectivity index (χ0v) is 18.2. The average Bonchev–Trinajstić information content (AvgIpc) is 2.98. The largest absolute Gasteiger partial charge is 0.483 e. The van der Waals surface area contributed by atoms with Crippen LogP contribution in [0.2, 0.25) is 5.02 Å². The molecule has 0 aliphatic rings. The molecule has 1 aromatic heterocycles. The lowest BCUT2D eigenvalue weighted by Gasteiger charge is -2.14. The molecule has 0 saturated carbocycles. The molecule has 32 heavy (non-hydrogen) atoms. The highest BCUT2D eigenvalue weighted by molar-refractivity contribution is 6.31. The van der Waals surface area contributed by atoms with E-state index < -0.39 is 18.4 Å². The third kappa shape index (κ3) is 4.90. The van der Waals surface area contributed by atoms with E-state index >= 15 is 0 Å². The van der Waals surface area contributed by atoms with Crippen LogP contribution in [0.4, 0.5) is 10.2 Å². The van der Waals surface area contributed by atoms with Gasteiger partial charge in [-0.15, -0.1) is 0 Å². The number of ether oxygens (including phenoxy) is 1. The molecule has 0 saturated heterocycles. The fourth-order valence-electron chi connectivity index (χ4n) is 3.23. The minimum Gasteiger partial charge on any atom is -0.483 e. The molecule has 0 fully saturated rings. The van der Waals surface area contributed by atoms with Gasteiger partial charge in [0.1, 0.15) is 23.5 Å². The maximum Gasteiger partial charge on any atom is 0.263 e. The molecule has 0 aliphatic heterocycles. The molecule has 3 aromatic rings. The summed E-state index contributed by atoms with van der Waals surface area (Å²) in [6, 6.07) is 12.4. The summed E-state index contributed by atoms with van der Waals surface area (Å²) in [5, 5.41) is 12.6. The van der Waals surface area contributed by atoms with Crippen molar-refractivity contribution < 1.29 is 18.7 Å². The topological polar surface area (TPSA) is 110 Å². The van der Waals surface area contributed by atoms with E-state index in [2.05, 4.69) is 11.4 Å². The lowest BCUT2D eigenvalue weighted by atomic mass is 10.2. The Morgan fingerprint density at radius 1 is 1.22 bits per heavy atom. The number of hydrogen-bond donors (Lipinski definition) is 2. The summed E-state index contributed by atoms with van der Waals surface area (Å²) in [5.41, 5.74) is 8.01. The van der Waals surface area contributed by atoms with Gasteiger partial charge >= 0.3 is 0 Å². The predicted molar refractivity (Wildman–Crippen MR) is 118 cm³/mol. The first kappa shape index (κ1) is 22.8. The predicted octanol–water partition coefficient (Wildman–Crippen LogP) is 3.93. The fourth-order valence-corrected chi connectivity index (χ4v) is 3.40. The van der Waals surface area contributed by atoms with Crippen molar-refractivity contribution in [1.29, 1.82) is 5.26 Å². The SMILES string of the molecule is Cc1c(C#N)c(NC(=O)COc2ccc(Cl)cc2C(N)=O)n(Cc2ccc(F)cc2)c1C. The molecule has 1 heterocycles. The monoisotopic (exact) mass is 454 g/mol. The van der Waals surface area contributed by atoms with Gasteiger partial charge in [-0.2, -0.15) is 5.26 Å². The molecule has 0 unspecified atom stereocenters. The number of rotatable bonds is 7. The van der Waals surface area contributed by atoms with Crippen molar-refractivity contribution in [3.8, 4) is 11.8 Å². The number of hydrogen-bond acceptors (Lipinski definition) is 4. The van der Waals surface area contributed by atoms with Gasteiger partial charge in [0.25, 0.3) is 11.8 Å². The van der Waals surface area contributed by atoms with Crippen LogP contribution >= 0.6 is 11.6 Å². The molecule has 3 rings (SSSR count). The first-order valence-electron chi connectivity index (χ1n) is 9.57. The summed E-state index contributed by atoms with van der Waals surface area (Å²) in [6.07, 6.45) is 0. The number of nitrogens with zero attached hydrogens (tertiary/aromatic N) is 2. The van der Waals surface area contributed by atoms with Crippen LogP contribution in [0.3, 0.4) is 0 Å². The maximum atomic E-state index is 13.2. The molecular weight excluding hydrogens is 435 g/mol. The Balaban J connectivity index is 1.83. The van der Waals surface area contributed by atoms with Crippen LogP contribution < -0.4 is 15.8 Å². The molecule has 0 aliphatic carbocycles. The lowest BCUT2D eigenvalue weighted by Crippen LogP contribution is -2.24. The summed E-state index contributed by atoms with van der Waals surface area (Å²) in [7, 11) is 0. The zero-order valence-electron chi connectivity index (χ0n) is 17.4. The summed E-state index contributed by atoms with van der Waals surface area (Å²) < 4.78 is 20.5. The van der Waals surface area contributed by atoms with Crippen LogP contribution in [0.5, 0.6) is 5.75 Å². The van der Waals surface area contributed by atoms with Crippen LogP contribution in [0, 0.1) is 31.0 Å². The second-order valence-electron chi connectivity index (χ2n) is 7.10. The van der Waals surface area contributed by atoms with Crippen molar-refractivity contribution in [3.63, 3.8) is 0 Å². The molecule has 3 N–H and O–H groups in total. The summed E-state index contributed by atoms with van der Waals surface area (Å²) in [4.78, 5) is 24.2. The van der Waals surface area contributed by atoms with E-state index in [4.69, 9.17) is 22.1 Å². The normalized spacial score (nSPS) is 10.5. The van der Waals surface area contributed by atoms with Crippen LogP contribution in [0.25, 0.3) is 0 Å². The van der Waals surface area contributed by atoms with Crippen LogP contribution in [-0.2, 0) is 11.3 Å². The number of benzene rings is 2. The summed E-state index contributed by atoms with van der Waals surface area (Å²) in [6.45, 7) is 3.52. The van der Waals surface area contributed by atoms with Crippen molar-refractivity contribution in [2.24, 2.45) is 5.73 Å². The Morgan fingerprint density at radius 3 is 2.53 bits per heavy atom. The average molecular weight is 455 g/mol. The van der Waals surface area contributed by atoms with Crippen molar-refractivity contribution in [1.82, 2.24) is 4.57 Å². The van der Waals surface area contributed by atoms with Crippen molar-refractivity contribution >= 4 is 29.2 Å². The first-order valence-corrected chi connectivity index (χ1v) is 9.95. The molecular formula is C23H20ClFN4O3. The van der Waals surface area contributed by atoms with Gasteiger partial charge in [0, 0.05) is 17.3 Å². The molecule has 0 radical (unpaired) electrons. The number of nitriles is 1. The number of anilines is 1. The van der Waals surface area contributed by atoms with Gasteiger partial charge in [-0.05, 0) is 55.3 Å². The molecule has 164 valence electrons. The number of amides is 2. The standard InChI is InChI=1S/C23H20ClFN4O3/c1-13-14(2)29(11-15-3-6-17(25)7-4-15)23(19(13)10-26)28-21(30)12-32-20-8-5-16(24)9-18(20)22(27)31/h3-9H,11-12H2,1-2H3,(H2,27,31)(H,28,30). The van der Waals surface area contributed by atoms with Crippen molar-refractivity contribution in [2.45, 2.75) is 20.4 Å². The fraction of sp³-hybridized carbons (Fsp3) is 0.174. The van der Waals surface area contributed by atoms with E-state index in [0.717, 1.165) is 16.8 Å². The van der Waals surface area contributed by atoms with Gasteiger partial charge in [0.05, 0.1) is 11.1 Å². The molecule has 0 bridgehead atoms. The van der Waals surface area contributed by atoms with Gasteiger partial charge in [0.2, 0.25) is 0 Å². The van der Waals surface area contributed by atoms with E-state index in [1.165, 1.54) is 30.3 Å². The van der Waals surface area contributed by atoms with E-state index in [9.17, 15) is 19.2 Å². The van der Waals surface area contributed by atoms with E-state index in [0.29, 0.717) is 22.9 Å². The Bertz CT molecular complexity index is 1230. The number of halogens is 2. The number of primary amides is 1.